The van der Waals surface area contributed by atoms with Crippen molar-refractivity contribution >= 4 is 29.3 Å². The number of benzene rings is 1. The maximum absolute atomic E-state index is 12.0. The molecular formula is C14H17N3O3S. The van der Waals surface area contributed by atoms with E-state index in [9.17, 15) is 9.59 Å². The first-order chi connectivity index (χ1) is 10.3. The van der Waals surface area contributed by atoms with Crippen LogP contribution >= 0.6 is 11.8 Å². The van der Waals surface area contributed by atoms with Gasteiger partial charge in [-0.25, -0.2) is 0 Å². The molecule has 0 bridgehead atoms. The Morgan fingerprint density at radius 3 is 3.14 bits per heavy atom. The topological polar surface area (TPSA) is 70.7 Å². The van der Waals surface area contributed by atoms with Gasteiger partial charge in [0.25, 0.3) is 5.91 Å². The number of carbonyl (C=O) groups excluding carboxylic acids is 2. The molecule has 1 aromatic rings. The molecule has 7 heteroatoms. The van der Waals surface area contributed by atoms with E-state index in [0.29, 0.717) is 18.8 Å². The summed E-state index contributed by atoms with van der Waals surface area (Å²) in [6.45, 7) is 0.929. The van der Waals surface area contributed by atoms with Crippen LogP contribution in [0.25, 0.3) is 0 Å². The normalized spacial score (nSPS) is 20.9. The Balaban J connectivity index is 1.57. The second kappa shape index (κ2) is 6.36. The fraction of sp³-hybridized carbons (Fsp3) is 0.429. The van der Waals surface area contributed by atoms with Crippen LogP contribution in [0.2, 0.25) is 0 Å². The summed E-state index contributed by atoms with van der Waals surface area (Å²) in [5, 5.41) is 5.99. The van der Waals surface area contributed by atoms with Crippen LogP contribution in [0.15, 0.2) is 24.3 Å². The van der Waals surface area contributed by atoms with E-state index in [1.54, 1.807) is 16.7 Å². The highest BCUT2D eigenvalue weighted by Crippen LogP contribution is 2.30. The third kappa shape index (κ3) is 3.14. The van der Waals surface area contributed by atoms with Crippen molar-refractivity contribution in [3.05, 3.63) is 24.3 Å². The molecule has 2 N–H and O–H groups in total. The number of nitrogens with zero attached hydrogens (tertiary/aromatic N) is 1. The molecule has 0 aliphatic carbocycles. The SMILES string of the molecule is O=C(NCCN1C(=O)COc2ccccc21)C1CSCN1. The minimum Gasteiger partial charge on any atom is -0.482 e. The summed E-state index contributed by atoms with van der Waals surface area (Å²) in [4.78, 5) is 25.5. The number of thioether (sulfide) groups is 1. The molecule has 1 unspecified atom stereocenters. The second-order valence-corrected chi connectivity index (χ2v) is 5.89. The quantitative estimate of drug-likeness (QED) is 0.831. The molecule has 1 aromatic carbocycles. The van der Waals surface area contributed by atoms with Crippen molar-refractivity contribution in [2.75, 3.05) is 36.2 Å². The lowest BCUT2D eigenvalue weighted by molar-refractivity contribution is -0.123. The zero-order chi connectivity index (χ0) is 14.7. The zero-order valence-corrected chi connectivity index (χ0v) is 12.3. The number of rotatable bonds is 4. The van der Waals surface area contributed by atoms with Gasteiger partial charge in [0.2, 0.25) is 5.91 Å². The number of fused-ring (bicyclic) bond motifs is 1. The fourth-order valence-corrected chi connectivity index (χ4v) is 3.32. The molecule has 0 saturated carbocycles. The van der Waals surface area contributed by atoms with E-state index in [2.05, 4.69) is 10.6 Å². The maximum Gasteiger partial charge on any atom is 0.265 e. The summed E-state index contributed by atoms with van der Waals surface area (Å²) >= 11 is 1.71. The van der Waals surface area contributed by atoms with Crippen molar-refractivity contribution in [3.8, 4) is 5.75 Å². The van der Waals surface area contributed by atoms with Gasteiger partial charge in [0.05, 0.1) is 11.7 Å². The highest BCUT2D eigenvalue weighted by atomic mass is 32.2. The molecule has 2 aliphatic heterocycles. The molecule has 2 amide bonds. The van der Waals surface area contributed by atoms with Crippen LogP contribution in [-0.4, -0.2) is 49.2 Å². The standard InChI is InChI=1S/C14H17N3O3S/c18-13-7-20-12-4-2-1-3-11(12)17(13)6-5-15-14(19)10-8-21-9-16-10/h1-4,10,16H,5-9H2,(H,15,19). The smallest absolute Gasteiger partial charge is 0.265 e. The van der Waals surface area contributed by atoms with Crippen LogP contribution in [-0.2, 0) is 9.59 Å². The molecule has 0 aromatic heterocycles. The monoisotopic (exact) mass is 307 g/mol. The lowest BCUT2D eigenvalue weighted by atomic mass is 10.2. The number of hydrogen-bond acceptors (Lipinski definition) is 5. The Morgan fingerprint density at radius 1 is 1.48 bits per heavy atom. The number of anilines is 1. The first-order valence-corrected chi connectivity index (χ1v) is 8.02. The average Bonchev–Trinajstić information content (AvgIpc) is 3.04. The number of nitrogens with one attached hydrogen (secondary N) is 2. The first-order valence-electron chi connectivity index (χ1n) is 6.87. The number of para-hydroxylation sites is 2. The van der Waals surface area contributed by atoms with Crippen LogP contribution in [0.3, 0.4) is 0 Å². The van der Waals surface area contributed by atoms with E-state index >= 15 is 0 Å². The van der Waals surface area contributed by atoms with Gasteiger partial charge >= 0.3 is 0 Å². The lowest BCUT2D eigenvalue weighted by Crippen LogP contribution is -2.47. The zero-order valence-electron chi connectivity index (χ0n) is 11.5. The summed E-state index contributed by atoms with van der Waals surface area (Å²) in [5.41, 5.74) is 0.762. The largest absolute Gasteiger partial charge is 0.482 e. The Morgan fingerprint density at radius 2 is 2.33 bits per heavy atom. The number of carbonyl (C=O) groups is 2. The minimum atomic E-state index is -0.123. The number of ether oxygens (including phenoxy) is 1. The average molecular weight is 307 g/mol. The van der Waals surface area contributed by atoms with Gasteiger partial charge in [0.1, 0.15) is 5.75 Å². The predicted octanol–water partition coefficient (Wildman–Crippen LogP) is 0.191. The van der Waals surface area contributed by atoms with Gasteiger partial charge in [-0.2, -0.15) is 0 Å². The molecule has 0 spiro atoms. The van der Waals surface area contributed by atoms with Gasteiger partial charge in [-0.15, -0.1) is 11.8 Å². The van der Waals surface area contributed by atoms with E-state index in [1.807, 2.05) is 24.3 Å². The van der Waals surface area contributed by atoms with Crippen molar-refractivity contribution in [1.82, 2.24) is 10.6 Å². The summed E-state index contributed by atoms with van der Waals surface area (Å²) in [6.07, 6.45) is 0. The summed E-state index contributed by atoms with van der Waals surface area (Å²) < 4.78 is 5.38. The number of amides is 2. The molecule has 1 atom stereocenters. The second-order valence-electron chi connectivity index (χ2n) is 4.86. The Hall–Kier alpha value is -1.73. The van der Waals surface area contributed by atoms with E-state index in [-0.39, 0.29) is 24.5 Å². The molecule has 3 rings (SSSR count). The molecule has 2 heterocycles. The van der Waals surface area contributed by atoms with Gasteiger partial charge in [0.15, 0.2) is 6.61 Å². The highest BCUT2D eigenvalue weighted by molar-refractivity contribution is 7.99. The van der Waals surface area contributed by atoms with Crippen molar-refractivity contribution in [2.24, 2.45) is 0 Å². The van der Waals surface area contributed by atoms with Crippen LogP contribution < -0.4 is 20.3 Å². The van der Waals surface area contributed by atoms with E-state index in [0.717, 1.165) is 17.3 Å². The van der Waals surface area contributed by atoms with E-state index < -0.39 is 0 Å². The molecular weight excluding hydrogens is 290 g/mol. The van der Waals surface area contributed by atoms with Gasteiger partial charge < -0.3 is 15.0 Å². The van der Waals surface area contributed by atoms with Crippen LogP contribution in [0.4, 0.5) is 5.69 Å². The Labute approximate surface area is 127 Å². The summed E-state index contributed by atoms with van der Waals surface area (Å²) in [7, 11) is 0. The van der Waals surface area contributed by atoms with Gasteiger partial charge in [0, 0.05) is 24.7 Å². The molecule has 0 radical (unpaired) electrons. The Kier molecular flexibility index (Phi) is 4.31. The van der Waals surface area contributed by atoms with Crippen LogP contribution in [0.1, 0.15) is 0 Å². The third-order valence-electron chi connectivity index (χ3n) is 3.48. The number of hydrogen-bond donors (Lipinski definition) is 2. The van der Waals surface area contributed by atoms with Crippen LogP contribution in [0, 0.1) is 0 Å². The molecule has 21 heavy (non-hydrogen) atoms. The fourth-order valence-electron chi connectivity index (χ4n) is 2.38. The van der Waals surface area contributed by atoms with E-state index in [4.69, 9.17) is 4.74 Å². The summed E-state index contributed by atoms with van der Waals surface area (Å²) in [5.74, 6) is 2.22. The maximum atomic E-state index is 12.0. The lowest BCUT2D eigenvalue weighted by Gasteiger charge is -2.29. The summed E-state index contributed by atoms with van der Waals surface area (Å²) in [6, 6.07) is 7.31. The molecule has 112 valence electrons. The van der Waals surface area contributed by atoms with Crippen molar-refractivity contribution in [3.63, 3.8) is 0 Å². The van der Waals surface area contributed by atoms with Gasteiger partial charge in [-0.3, -0.25) is 14.9 Å². The van der Waals surface area contributed by atoms with Crippen LogP contribution in [0.5, 0.6) is 5.75 Å². The minimum absolute atomic E-state index is 0.00556. The first kappa shape index (κ1) is 14.2. The predicted molar refractivity (Wildman–Crippen MR) is 81.5 cm³/mol. The third-order valence-corrected chi connectivity index (χ3v) is 4.42. The molecule has 6 nitrogen and oxygen atoms in total. The molecule has 1 saturated heterocycles. The van der Waals surface area contributed by atoms with Gasteiger partial charge in [-0.05, 0) is 12.1 Å². The Bertz CT molecular complexity index is 546. The van der Waals surface area contributed by atoms with Gasteiger partial charge in [-0.1, -0.05) is 12.1 Å². The van der Waals surface area contributed by atoms with Crippen molar-refractivity contribution in [1.29, 1.82) is 0 Å². The molecule has 1 fully saturated rings. The van der Waals surface area contributed by atoms with Crippen molar-refractivity contribution in [2.45, 2.75) is 6.04 Å². The van der Waals surface area contributed by atoms with E-state index in [1.165, 1.54) is 0 Å². The van der Waals surface area contributed by atoms with Crippen molar-refractivity contribution < 1.29 is 14.3 Å². The highest BCUT2D eigenvalue weighted by Gasteiger charge is 2.26. The molecule has 2 aliphatic rings.